The zero-order chi connectivity index (χ0) is 9.78. The maximum absolute atomic E-state index is 8.49. The van der Waals surface area contributed by atoms with Crippen molar-refractivity contribution >= 4 is 0 Å². The maximum atomic E-state index is 8.49. The van der Waals surface area contributed by atoms with Gasteiger partial charge in [-0.15, -0.1) is 0 Å². The SMILES string of the molecule is CCCCCC/C=C\C=C\CCO. The second-order valence-corrected chi connectivity index (χ2v) is 3.22. The number of rotatable bonds is 8. The molecule has 0 aromatic carbocycles. The second-order valence-electron chi connectivity index (χ2n) is 3.22. The molecule has 0 rings (SSSR count). The first kappa shape index (κ1) is 12.4. The van der Waals surface area contributed by atoms with Crippen molar-refractivity contribution in [1.82, 2.24) is 0 Å². The van der Waals surface area contributed by atoms with Crippen LogP contribution >= 0.6 is 0 Å². The summed E-state index contributed by atoms with van der Waals surface area (Å²) < 4.78 is 0. The van der Waals surface area contributed by atoms with Crippen molar-refractivity contribution in [3.63, 3.8) is 0 Å². The predicted octanol–water partition coefficient (Wildman–Crippen LogP) is 3.45. The first-order valence-corrected chi connectivity index (χ1v) is 5.34. The van der Waals surface area contributed by atoms with E-state index in [9.17, 15) is 0 Å². The van der Waals surface area contributed by atoms with Crippen molar-refractivity contribution in [3.05, 3.63) is 24.3 Å². The van der Waals surface area contributed by atoms with Crippen LogP contribution in [-0.4, -0.2) is 11.7 Å². The van der Waals surface area contributed by atoms with Crippen molar-refractivity contribution in [1.29, 1.82) is 0 Å². The summed E-state index contributed by atoms with van der Waals surface area (Å²) in [7, 11) is 0. The van der Waals surface area contributed by atoms with E-state index in [1.54, 1.807) is 0 Å². The van der Waals surface area contributed by atoms with Crippen LogP contribution in [0.5, 0.6) is 0 Å². The van der Waals surface area contributed by atoms with Gasteiger partial charge >= 0.3 is 0 Å². The summed E-state index contributed by atoms with van der Waals surface area (Å²) in [5.74, 6) is 0. The van der Waals surface area contributed by atoms with Crippen LogP contribution < -0.4 is 0 Å². The van der Waals surface area contributed by atoms with Crippen molar-refractivity contribution in [2.45, 2.75) is 45.4 Å². The molecule has 0 saturated heterocycles. The Morgan fingerprint density at radius 1 is 0.923 bits per heavy atom. The summed E-state index contributed by atoms with van der Waals surface area (Å²) in [6, 6.07) is 0. The van der Waals surface area contributed by atoms with Gasteiger partial charge in [0, 0.05) is 6.61 Å². The molecule has 0 unspecified atom stereocenters. The lowest BCUT2D eigenvalue weighted by atomic mass is 10.1. The summed E-state index contributed by atoms with van der Waals surface area (Å²) in [5.41, 5.74) is 0. The van der Waals surface area contributed by atoms with E-state index in [0.717, 1.165) is 6.42 Å². The lowest BCUT2D eigenvalue weighted by Gasteiger charge is -1.92. The zero-order valence-corrected chi connectivity index (χ0v) is 8.71. The molecule has 0 aliphatic heterocycles. The molecule has 1 N–H and O–H groups in total. The van der Waals surface area contributed by atoms with Crippen LogP contribution in [0.4, 0.5) is 0 Å². The highest BCUT2D eigenvalue weighted by Gasteiger charge is 1.82. The van der Waals surface area contributed by atoms with Gasteiger partial charge in [0.2, 0.25) is 0 Å². The monoisotopic (exact) mass is 182 g/mol. The average Bonchev–Trinajstić information content (AvgIpc) is 2.16. The van der Waals surface area contributed by atoms with E-state index in [2.05, 4.69) is 19.1 Å². The van der Waals surface area contributed by atoms with Crippen LogP contribution in [0.3, 0.4) is 0 Å². The summed E-state index contributed by atoms with van der Waals surface area (Å²) in [6.45, 7) is 2.48. The third kappa shape index (κ3) is 11.4. The zero-order valence-electron chi connectivity index (χ0n) is 8.71. The van der Waals surface area contributed by atoms with Gasteiger partial charge in [0.25, 0.3) is 0 Å². The van der Waals surface area contributed by atoms with E-state index >= 15 is 0 Å². The van der Waals surface area contributed by atoms with Crippen LogP contribution in [0.15, 0.2) is 24.3 Å². The molecule has 0 aliphatic rings. The summed E-state index contributed by atoms with van der Waals surface area (Å²) in [4.78, 5) is 0. The molecule has 0 amide bonds. The maximum Gasteiger partial charge on any atom is 0.0465 e. The Balaban J connectivity index is 3.12. The Kier molecular flexibility index (Phi) is 10.9. The number of aliphatic hydroxyl groups excluding tert-OH is 1. The lowest BCUT2D eigenvalue weighted by molar-refractivity contribution is 0.302. The van der Waals surface area contributed by atoms with Crippen LogP contribution in [0.2, 0.25) is 0 Å². The number of unbranched alkanes of at least 4 members (excludes halogenated alkanes) is 4. The van der Waals surface area contributed by atoms with E-state index in [4.69, 9.17) is 5.11 Å². The summed E-state index contributed by atoms with van der Waals surface area (Å²) >= 11 is 0. The van der Waals surface area contributed by atoms with Crippen molar-refractivity contribution in [3.8, 4) is 0 Å². The second kappa shape index (κ2) is 11.4. The summed E-state index contributed by atoms with van der Waals surface area (Å²) in [6.07, 6.45) is 15.5. The van der Waals surface area contributed by atoms with Gasteiger partial charge in [-0.2, -0.15) is 0 Å². The third-order valence-corrected chi connectivity index (χ3v) is 1.90. The van der Waals surface area contributed by atoms with Crippen molar-refractivity contribution < 1.29 is 5.11 Å². The molecule has 0 atom stereocenters. The highest BCUT2D eigenvalue weighted by molar-refractivity contribution is 5.02. The summed E-state index contributed by atoms with van der Waals surface area (Å²) in [5, 5.41) is 8.49. The molecule has 0 fully saturated rings. The van der Waals surface area contributed by atoms with Gasteiger partial charge in [-0.25, -0.2) is 0 Å². The topological polar surface area (TPSA) is 20.2 Å². The molecule has 0 aromatic rings. The average molecular weight is 182 g/mol. The fourth-order valence-electron chi connectivity index (χ4n) is 1.11. The van der Waals surface area contributed by atoms with E-state index in [1.807, 2.05) is 12.2 Å². The first-order valence-electron chi connectivity index (χ1n) is 5.34. The molecule has 0 saturated carbocycles. The minimum atomic E-state index is 0.251. The number of allylic oxidation sites excluding steroid dienone is 3. The fraction of sp³-hybridized carbons (Fsp3) is 0.667. The van der Waals surface area contributed by atoms with Crippen molar-refractivity contribution in [2.75, 3.05) is 6.61 Å². The Morgan fingerprint density at radius 2 is 1.62 bits per heavy atom. The van der Waals surface area contributed by atoms with Crippen molar-refractivity contribution in [2.24, 2.45) is 0 Å². The number of hydrogen-bond acceptors (Lipinski definition) is 1. The molecule has 0 bridgehead atoms. The molecule has 0 spiro atoms. The van der Waals surface area contributed by atoms with E-state index in [-0.39, 0.29) is 6.61 Å². The molecule has 76 valence electrons. The first-order chi connectivity index (χ1) is 6.41. The lowest BCUT2D eigenvalue weighted by Crippen LogP contribution is -1.74. The fourth-order valence-corrected chi connectivity index (χ4v) is 1.11. The van der Waals surface area contributed by atoms with Crippen LogP contribution in [0.1, 0.15) is 45.4 Å². The molecular formula is C12H22O. The number of hydrogen-bond donors (Lipinski definition) is 1. The minimum absolute atomic E-state index is 0.251. The Morgan fingerprint density at radius 3 is 2.23 bits per heavy atom. The highest BCUT2D eigenvalue weighted by Crippen LogP contribution is 2.02. The Bertz CT molecular complexity index is 136. The predicted molar refractivity (Wildman–Crippen MR) is 58.7 cm³/mol. The minimum Gasteiger partial charge on any atom is -0.396 e. The third-order valence-electron chi connectivity index (χ3n) is 1.90. The molecule has 1 heteroatoms. The van der Waals surface area contributed by atoms with Crippen LogP contribution in [-0.2, 0) is 0 Å². The Labute approximate surface area is 82.2 Å². The van der Waals surface area contributed by atoms with E-state index < -0.39 is 0 Å². The van der Waals surface area contributed by atoms with E-state index in [1.165, 1.54) is 32.1 Å². The quantitative estimate of drug-likeness (QED) is 0.450. The normalized spacial score (nSPS) is 11.8. The van der Waals surface area contributed by atoms with E-state index in [0.29, 0.717) is 0 Å². The molecule has 0 heterocycles. The molecule has 0 radical (unpaired) electrons. The number of aliphatic hydroxyl groups is 1. The van der Waals surface area contributed by atoms with Gasteiger partial charge in [-0.3, -0.25) is 0 Å². The standard InChI is InChI=1S/C12H22O/c1-2-3-4-5-6-7-8-9-10-11-12-13/h7-10,13H,2-6,11-12H2,1H3/b8-7-,10-9+. The van der Waals surface area contributed by atoms with Gasteiger partial charge in [-0.05, 0) is 19.3 Å². The van der Waals surface area contributed by atoms with Gasteiger partial charge in [0.1, 0.15) is 0 Å². The molecule has 0 aliphatic carbocycles. The molecule has 1 nitrogen and oxygen atoms in total. The molecule has 13 heavy (non-hydrogen) atoms. The largest absolute Gasteiger partial charge is 0.396 e. The highest BCUT2D eigenvalue weighted by atomic mass is 16.2. The van der Waals surface area contributed by atoms with Crippen LogP contribution in [0, 0.1) is 0 Å². The van der Waals surface area contributed by atoms with Gasteiger partial charge < -0.3 is 5.11 Å². The van der Waals surface area contributed by atoms with Gasteiger partial charge in [-0.1, -0.05) is 50.5 Å². The van der Waals surface area contributed by atoms with Gasteiger partial charge in [0.15, 0.2) is 0 Å². The Hall–Kier alpha value is -0.560. The molecule has 0 aromatic heterocycles. The molecular weight excluding hydrogens is 160 g/mol. The van der Waals surface area contributed by atoms with Crippen LogP contribution in [0.25, 0.3) is 0 Å². The van der Waals surface area contributed by atoms with Gasteiger partial charge in [0.05, 0.1) is 0 Å². The smallest absolute Gasteiger partial charge is 0.0465 e.